The first kappa shape index (κ1) is 28.0. The van der Waals surface area contributed by atoms with Gasteiger partial charge in [-0.05, 0) is 73.5 Å². The molecule has 3 aromatic rings. The van der Waals surface area contributed by atoms with Crippen molar-refractivity contribution in [1.82, 2.24) is 0 Å². The van der Waals surface area contributed by atoms with Gasteiger partial charge in [-0.2, -0.15) is 0 Å². The van der Waals surface area contributed by atoms with E-state index >= 15 is 0 Å². The van der Waals surface area contributed by atoms with E-state index in [1.54, 1.807) is 52.0 Å². The van der Waals surface area contributed by atoms with Crippen LogP contribution in [0.3, 0.4) is 0 Å². The van der Waals surface area contributed by atoms with E-state index in [2.05, 4.69) is 0 Å². The van der Waals surface area contributed by atoms with E-state index in [9.17, 15) is 9.59 Å². The van der Waals surface area contributed by atoms with Gasteiger partial charge in [0, 0.05) is 11.4 Å². The summed E-state index contributed by atoms with van der Waals surface area (Å²) >= 11 is 3.17. The summed E-state index contributed by atoms with van der Waals surface area (Å²) < 4.78 is 21.8. The molecule has 8 nitrogen and oxygen atoms in total. The molecule has 4 atom stereocenters. The summed E-state index contributed by atoms with van der Waals surface area (Å²) in [5.41, 5.74) is 3.41. The largest absolute Gasteiger partial charge is 0.493 e. The van der Waals surface area contributed by atoms with Gasteiger partial charge in [0.25, 0.3) is 0 Å². The summed E-state index contributed by atoms with van der Waals surface area (Å²) in [6, 6.07) is 19.1. The molecule has 0 spiro atoms. The summed E-state index contributed by atoms with van der Waals surface area (Å²) in [5, 5.41) is -0.859. The Morgan fingerprint density at radius 1 is 0.550 bits per heavy atom. The van der Waals surface area contributed by atoms with Crippen LogP contribution in [0.2, 0.25) is 0 Å². The van der Waals surface area contributed by atoms with E-state index in [-0.39, 0.29) is 33.1 Å². The molecule has 0 radical (unpaired) electrons. The molecule has 2 aliphatic heterocycles. The molecule has 40 heavy (non-hydrogen) atoms. The fourth-order valence-electron chi connectivity index (χ4n) is 5.01. The molecule has 0 aliphatic carbocycles. The van der Waals surface area contributed by atoms with Gasteiger partial charge in [0.1, 0.15) is 10.7 Å². The molecule has 0 N–H and O–H groups in total. The molecule has 0 aromatic heterocycles. The quantitative estimate of drug-likeness (QED) is 0.319. The van der Waals surface area contributed by atoms with Gasteiger partial charge in [-0.1, -0.05) is 12.1 Å². The number of benzene rings is 3. The second kappa shape index (κ2) is 11.5. The molecule has 5 rings (SSSR count). The highest BCUT2D eigenvalue weighted by Gasteiger charge is 2.42. The van der Waals surface area contributed by atoms with E-state index in [0.717, 1.165) is 22.5 Å². The van der Waals surface area contributed by atoms with Crippen molar-refractivity contribution in [3.8, 4) is 23.0 Å². The van der Waals surface area contributed by atoms with Gasteiger partial charge >= 0.3 is 0 Å². The molecule has 0 bridgehead atoms. The average molecular weight is 581 g/mol. The molecular weight excluding hydrogens is 548 g/mol. The van der Waals surface area contributed by atoms with E-state index in [0.29, 0.717) is 23.0 Å². The van der Waals surface area contributed by atoms with Crippen molar-refractivity contribution in [1.29, 1.82) is 0 Å². The third-order valence-corrected chi connectivity index (χ3v) is 9.80. The number of nitrogens with zero attached hydrogens (tertiary/aromatic N) is 2. The normalized spacial score (nSPS) is 22.6. The molecule has 0 saturated carbocycles. The Morgan fingerprint density at radius 3 is 1.23 bits per heavy atom. The first-order valence-electron chi connectivity index (χ1n) is 12.8. The zero-order chi connectivity index (χ0) is 28.6. The Morgan fingerprint density at radius 2 is 0.900 bits per heavy atom. The fraction of sp³-hybridized carbons (Fsp3) is 0.333. The van der Waals surface area contributed by atoms with Gasteiger partial charge in [-0.25, -0.2) is 0 Å². The summed E-state index contributed by atoms with van der Waals surface area (Å²) in [5.74, 6) is 2.56. The first-order valence-corrected chi connectivity index (χ1v) is 14.7. The monoisotopic (exact) mass is 580 g/mol. The van der Waals surface area contributed by atoms with Crippen molar-refractivity contribution in [3.63, 3.8) is 0 Å². The van der Waals surface area contributed by atoms with E-state index in [1.807, 2.05) is 84.3 Å². The van der Waals surface area contributed by atoms with Crippen LogP contribution in [0.1, 0.15) is 35.7 Å². The van der Waals surface area contributed by atoms with Crippen molar-refractivity contribution >= 4 is 46.7 Å². The van der Waals surface area contributed by atoms with Crippen LogP contribution in [-0.4, -0.2) is 50.8 Å². The Balaban J connectivity index is 1.46. The standard InChI is InChI=1S/C30H32N2O6S2/c1-17-27(33)31(29(39-17)19-7-13-23(35-3)25(15-19)37-5)21-9-11-22(12-10-21)32-28(34)18(2)40-30(32)20-8-14-24(36-4)26(16-20)38-6/h7-18,29-30H,1-6H3. The molecule has 2 aliphatic rings. The molecule has 210 valence electrons. The number of ether oxygens (including phenoxy) is 4. The van der Waals surface area contributed by atoms with Gasteiger partial charge < -0.3 is 18.9 Å². The summed E-state index contributed by atoms with van der Waals surface area (Å²) in [4.78, 5) is 30.3. The van der Waals surface area contributed by atoms with Crippen molar-refractivity contribution < 1.29 is 28.5 Å². The molecule has 2 saturated heterocycles. The second-order valence-electron chi connectivity index (χ2n) is 9.42. The SMILES string of the molecule is COc1ccc(C2SC(C)C(=O)N2c2ccc(N3C(=O)C(C)SC3c3ccc(OC)c(OC)c3)cc2)cc1OC. The maximum absolute atomic E-state index is 13.3. The van der Waals surface area contributed by atoms with E-state index in [1.165, 1.54) is 0 Å². The van der Waals surface area contributed by atoms with Crippen LogP contribution in [-0.2, 0) is 9.59 Å². The van der Waals surface area contributed by atoms with Crippen molar-refractivity contribution in [3.05, 3.63) is 71.8 Å². The first-order chi connectivity index (χ1) is 19.3. The summed E-state index contributed by atoms with van der Waals surface area (Å²) in [7, 11) is 6.40. The van der Waals surface area contributed by atoms with E-state index < -0.39 is 0 Å². The highest BCUT2D eigenvalue weighted by Crippen LogP contribution is 2.49. The van der Waals surface area contributed by atoms with Crippen LogP contribution in [0.15, 0.2) is 60.7 Å². The van der Waals surface area contributed by atoms with Crippen LogP contribution in [0.5, 0.6) is 23.0 Å². The third-order valence-electron chi connectivity index (χ3n) is 7.10. The smallest absolute Gasteiger partial charge is 0.241 e. The third kappa shape index (κ3) is 4.94. The van der Waals surface area contributed by atoms with Gasteiger partial charge in [-0.15, -0.1) is 23.5 Å². The number of methoxy groups -OCH3 is 4. The molecular formula is C30H32N2O6S2. The highest BCUT2D eigenvalue weighted by atomic mass is 32.2. The Labute approximate surface area is 242 Å². The summed E-state index contributed by atoms with van der Waals surface area (Å²) in [6.07, 6.45) is 0. The number of amides is 2. The Kier molecular flexibility index (Phi) is 8.09. The molecule has 3 aromatic carbocycles. The number of carbonyl (C=O) groups is 2. The van der Waals surface area contributed by atoms with Gasteiger partial charge in [-0.3, -0.25) is 19.4 Å². The highest BCUT2D eigenvalue weighted by molar-refractivity contribution is 8.01. The molecule has 2 fully saturated rings. The average Bonchev–Trinajstić information content (AvgIpc) is 3.46. The van der Waals surface area contributed by atoms with Gasteiger partial charge in [0.15, 0.2) is 23.0 Å². The number of hydrogen-bond donors (Lipinski definition) is 0. The topological polar surface area (TPSA) is 77.5 Å². The summed E-state index contributed by atoms with van der Waals surface area (Å²) in [6.45, 7) is 3.84. The van der Waals surface area contributed by atoms with E-state index in [4.69, 9.17) is 18.9 Å². The van der Waals surface area contributed by atoms with Crippen LogP contribution < -0.4 is 28.7 Å². The minimum absolute atomic E-state index is 0.0298. The maximum Gasteiger partial charge on any atom is 0.241 e. The molecule has 4 unspecified atom stereocenters. The predicted molar refractivity (Wildman–Crippen MR) is 160 cm³/mol. The van der Waals surface area contributed by atoms with Gasteiger partial charge in [0.05, 0.1) is 38.9 Å². The Hall–Kier alpha value is -3.50. The second-order valence-corrected chi connectivity index (χ2v) is 12.3. The van der Waals surface area contributed by atoms with Crippen molar-refractivity contribution in [2.24, 2.45) is 0 Å². The number of anilines is 2. The fourth-order valence-corrected chi connectivity index (χ4v) is 7.55. The Bertz CT molecular complexity index is 1310. The number of rotatable bonds is 8. The maximum atomic E-state index is 13.3. The van der Waals surface area contributed by atoms with Crippen LogP contribution >= 0.6 is 23.5 Å². The zero-order valence-electron chi connectivity index (χ0n) is 23.2. The minimum Gasteiger partial charge on any atom is -0.493 e. The van der Waals surface area contributed by atoms with Gasteiger partial charge in [0.2, 0.25) is 11.8 Å². The lowest BCUT2D eigenvalue weighted by Crippen LogP contribution is -2.31. The predicted octanol–water partition coefficient (Wildman–Crippen LogP) is 6.06. The van der Waals surface area contributed by atoms with Crippen molar-refractivity contribution in [2.75, 3.05) is 38.2 Å². The number of hydrogen-bond acceptors (Lipinski definition) is 8. The lowest BCUT2D eigenvalue weighted by Gasteiger charge is -2.27. The zero-order valence-corrected chi connectivity index (χ0v) is 24.9. The molecule has 2 amide bonds. The molecule has 10 heteroatoms. The van der Waals surface area contributed by atoms with Crippen LogP contribution in [0.25, 0.3) is 0 Å². The minimum atomic E-state index is -0.225. The lowest BCUT2D eigenvalue weighted by atomic mass is 10.1. The van der Waals surface area contributed by atoms with Crippen molar-refractivity contribution in [2.45, 2.75) is 35.1 Å². The van der Waals surface area contributed by atoms with Crippen LogP contribution in [0, 0.1) is 0 Å². The molecule has 2 heterocycles. The number of carbonyl (C=O) groups excluding carboxylic acids is 2. The number of thioether (sulfide) groups is 2. The van der Waals surface area contributed by atoms with Crippen LogP contribution in [0.4, 0.5) is 11.4 Å². The lowest BCUT2D eigenvalue weighted by molar-refractivity contribution is -0.118.